The molecule has 9 rings (SSSR count). The summed E-state index contributed by atoms with van der Waals surface area (Å²) in [7, 11) is 0. The van der Waals surface area contributed by atoms with Gasteiger partial charge in [0.1, 0.15) is 11.6 Å². The molecule has 2 aromatic heterocycles. The molecule has 0 saturated heterocycles. The number of fused-ring (bicyclic) bond motifs is 1. The molecule has 0 aliphatic heterocycles. The molecule has 328 valence electrons. The van der Waals surface area contributed by atoms with Crippen molar-refractivity contribution in [2.45, 2.75) is 78.6 Å². The SMILES string of the molecule is [2H]c1c([2H])c([2H])c(-c2ccnc(-c3[c-]c(-c4cccc5c4nc(-c4cc(C(C)(C)C)cc(C(C)(C)C)c4O)n5-c4ccc(-c5ccccc5)cc4-c4ccccc4)cc(C(C)(C)C)c3)c2)c([2H])c1[2H].[Pt]. The number of benzene rings is 7. The fourth-order valence-corrected chi connectivity index (χ4v) is 8.35. The summed E-state index contributed by atoms with van der Waals surface area (Å²) in [5.41, 5.74) is 12.7. The smallest absolute Gasteiger partial charge is 0.148 e. The van der Waals surface area contributed by atoms with Gasteiger partial charge in [-0.15, -0.1) is 29.3 Å². The fraction of sp³-hybridized carbons (Fsp3) is 0.200. The van der Waals surface area contributed by atoms with Crippen LogP contribution in [-0.4, -0.2) is 19.6 Å². The van der Waals surface area contributed by atoms with E-state index in [1.54, 1.807) is 18.3 Å². The Morgan fingerprint density at radius 1 is 0.538 bits per heavy atom. The molecule has 9 aromatic rings. The Kier molecular flexibility index (Phi) is 10.5. The summed E-state index contributed by atoms with van der Waals surface area (Å²) in [6, 6.07) is 47.3. The number of hydrogen-bond acceptors (Lipinski definition) is 3. The van der Waals surface area contributed by atoms with Gasteiger partial charge in [0.2, 0.25) is 0 Å². The van der Waals surface area contributed by atoms with Crippen LogP contribution in [0.5, 0.6) is 5.75 Å². The summed E-state index contributed by atoms with van der Waals surface area (Å²) in [5, 5.41) is 12.6. The molecule has 5 heteroatoms. The Morgan fingerprint density at radius 2 is 1.17 bits per heavy atom. The molecule has 0 bridgehead atoms. The Labute approximate surface area is 406 Å². The van der Waals surface area contributed by atoms with Crippen molar-refractivity contribution in [2.24, 2.45) is 0 Å². The van der Waals surface area contributed by atoms with Gasteiger partial charge in [-0.25, -0.2) is 4.98 Å². The summed E-state index contributed by atoms with van der Waals surface area (Å²) in [6.07, 6.45) is 1.61. The molecule has 0 radical (unpaired) electrons. The van der Waals surface area contributed by atoms with Gasteiger partial charge in [-0.2, -0.15) is 0 Å². The maximum absolute atomic E-state index is 12.6. The first kappa shape index (κ1) is 39.1. The molecular formula is C60H56N3OPt-. The summed E-state index contributed by atoms with van der Waals surface area (Å²) in [5.74, 6) is 0.779. The first-order valence-electron chi connectivity index (χ1n) is 24.4. The van der Waals surface area contributed by atoms with Gasteiger partial charge in [0, 0.05) is 44.1 Å². The van der Waals surface area contributed by atoms with E-state index in [4.69, 9.17) is 16.8 Å². The van der Waals surface area contributed by atoms with E-state index in [1.165, 1.54) is 0 Å². The van der Waals surface area contributed by atoms with Gasteiger partial charge in [0.25, 0.3) is 0 Å². The number of nitrogens with zero attached hydrogens (tertiary/aromatic N) is 3. The number of imidazole rings is 1. The summed E-state index contributed by atoms with van der Waals surface area (Å²) in [6.45, 7) is 19.4. The van der Waals surface area contributed by atoms with E-state index in [0.29, 0.717) is 33.7 Å². The molecule has 7 aromatic carbocycles. The molecule has 65 heavy (non-hydrogen) atoms. The monoisotopic (exact) mass is 1030 g/mol. The first-order chi connectivity index (χ1) is 32.6. The van der Waals surface area contributed by atoms with Crippen LogP contribution >= 0.6 is 0 Å². The van der Waals surface area contributed by atoms with E-state index in [9.17, 15) is 5.11 Å². The van der Waals surface area contributed by atoms with E-state index >= 15 is 0 Å². The van der Waals surface area contributed by atoms with Gasteiger partial charge in [-0.3, -0.25) is 9.55 Å². The van der Waals surface area contributed by atoms with Crippen molar-refractivity contribution in [1.82, 2.24) is 14.5 Å². The summed E-state index contributed by atoms with van der Waals surface area (Å²) < 4.78 is 44.5. The molecule has 4 nitrogen and oxygen atoms in total. The van der Waals surface area contributed by atoms with Crippen LogP contribution in [-0.2, 0) is 37.3 Å². The Balaban J connectivity index is 0.00000659. The van der Waals surface area contributed by atoms with E-state index in [-0.39, 0.29) is 60.7 Å². The molecule has 1 N–H and O–H groups in total. The number of para-hydroxylation sites is 1. The predicted molar refractivity (Wildman–Crippen MR) is 268 cm³/mol. The third-order valence-electron chi connectivity index (χ3n) is 12.0. The van der Waals surface area contributed by atoms with Crippen LogP contribution in [0.15, 0.2) is 170 Å². The zero-order valence-corrected chi connectivity index (χ0v) is 40.7. The number of hydrogen-bond donors (Lipinski definition) is 1. The number of rotatable bonds is 7. The van der Waals surface area contributed by atoms with Crippen molar-refractivity contribution in [2.75, 3.05) is 0 Å². The van der Waals surface area contributed by atoms with Gasteiger partial charge in [-0.1, -0.05) is 195 Å². The fourth-order valence-electron chi connectivity index (χ4n) is 8.35. The maximum atomic E-state index is 12.6. The number of aromatic nitrogens is 3. The average molecular weight is 1040 g/mol. The maximum Gasteiger partial charge on any atom is 0.148 e. The average Bonchev–Trinajstić information content (AvgIpc) is 3.71. The van der Waals surface area contributed by atoms with Crippen LogP contribution in [0.4, 0.5) is 0 Å². The molecule has 2 heterocycles. The van der Waals surface area contributed by atoms with Gasteiger partial charge >= 0.3 is 0 Å². The standard InChI is InChI=1S/C60H56N3O.Pt/c1-58(2,3)46-33-44(32-45(34-46)52-36-43(30-31-61-52)40-22-15-11-16-23-40)48-26-19-27-54-55(48)62-57(50-37-47(59(4,5)6)38-51(56(50)64)60(7,8)9)63(54)53-29-28-42(39-20-13-10-14-21-39)35-49(53)41-24-17-12-18-25-41;/h10-31,33-38,64H,1-9H3;/q-1;/i11D,15D,16D,22D,23D;. The van der Waals surface area contributed by atoms with Crippen molar-refractivity contribution in [3.05, 3.63) is 193 Å². The summed E-state index contributed by atoms with van der Waals surface area (Å²) >= 11 is 0. The molecule has 0 saturated carbocycles. The van der Waals surface area contributed by atoms with Crippen molar-refractivity contribution < 1.29 is 33.0 Å². The Hall–Kier alpha value is -6.35. The predicted octanol–water partition coefficient (Wildman–Crippen LogP) is 15.8. The molecule has 0 unspecified atom stereocenters. The van der Waals surface area contributed by atoms with Crippen LogP contribution in [0.1, 0.15) is 85.9 Å². The quantitative estimate of drug-likeness (QED) is 0.162. The van der Waals surface area contributed by atoms with Crippen molar-refractivity contribution >= 4 is 11.0 Å². The number of phenols is 1. The molecule has 0 amide bonds. The van der Waals surface area contributed by atoms with Gasteiger partial charge in [0.05, 0.1) is 29.1 Å². The molecule has 0 aliphatic carbocycles. The normalized spacial score (nSPS) is 13.1. The number of phenolic OH excluding ortho intramolecular Hbond substituents is 1. The largest absolute Gasteiger partial charge is 0.507 e. The molecular weight excluding hydrogens is 974 g/mol. The molecule has 0 fully saturated rings. The van der Waals surface area contributed by atoms with E-state index in [0.717, 1.165) is 61.3 Å². The molecule has 0 aliphatic rings. The van der Waals surface area contributed by atoms with Gasteiger partial charge in [0.15, 0.2) is 0 Å². The van der Waals surface area contributed by atoms with Crippen molar-refractivity contribution in [3.63, 3.8) is 0 Å². The zero-order chi connectivity index (χ0) is 49.3. The zero-order valence-electron chi connectivity index (χ0n) is 43.4. The Bertz CT molecular complexity index is 3430. The van der Waals surface area contributed by atoms with E-state index in [2.05, 4.69) is 176 Å². The van der Waals surface area contributed by atoms with Crippen LogP contribution in [0.25, 0.3) is 83.9 Å². The minimum absolute atomic E-state index is 0. The van der Waals surface area contributed by atoms with Gasteiger partial charge < -0.3 is 5.11 Å². The van der Waals surface area contributed by atoms with Crippen LogP contribution in [0.3, 0.4) is 0 Å². The van der Waals surface area contributed by atoms with Crippen LogP contribution < -0.4 is 0 Å². The van der Waals surface area contributed by atoms with Crippen LogP contribution in [0.2, 0.25) is 0 Å². The molecule has 0 atom stereocenters. The van der Waals surface area contributed by atoms with Gasteiger partial charge in [-0.05, 0) is 80.0 Å². The van der Waals surface area contributed by atoms with E-state index in [1.807, 2.05) is 18.2 Å². The van der Waals surface area contributed by atoms with E-state index < -0.39 is 18.1 Å². The first-order valence-corrected chi connectivity index (χ1v) is 21.9. The minimum atomic E-state index is -0.439. The Morgan fingerprint density at radius 3 is 1.83 bits per heavy atom. The minimum Gasteiger partial charge on any atom is -0.507 e. The summed E-state index contributed by atoms with van der Waals surface area (Å²) in [4.78, 5) is 10.4. The van der Waals surface area contributed by atoms with Crippen LogP contribution in [0, 0.1) is 6.07 Å². The number of pyridine rings is 1. The topological polar surface area (TPSA) is 50.9 Å². The number of aromatic hydroxyl groups is 1. The molecule has 0 spiro atoms. The second-order valence-corrected chi connectivity index (χ2v) is 19.7. The second-order valence-electron chi connectivity index (χ2n) is 19.7. The second kappa shape index (κ2) is 17.6. The van der Waals surface area contributed by atoms with Crippen molar-refractivity contribution in [3.8, 4) is 78.6 Å². The van der Waals surface area contributed by atoms with Crippen molar-refractivity contribution in [1.29, 1.82) is 0 Å². The third-order valence-corrected chi connectivity index (χ3v) is 12.0. The third kappa shape index (κ3) is 9.02.